The number of benzene rings is 3. The van der Waals surface area contributed by atoms with Crippen LogP contribution in [0.25, 0.3) is 16.0 Å². The predicted molar refractivity (Wildman–Crippen MR) is 122 cm³/mol. The fourth-order valence-electron chi connectivity index (χ4n) is 3.83. The molecule has 0 bridgehead atoms. The van der Waals surface area contributed by atoms with E-state index in [1.807, 2.05) is 31.2 Å². The lowest BCUT2D eigenvalue weighted by Gasteiger charge is -2.23. The largest absolute Gasteiger partial charge is 0.507 e. The average molecular weight is 444 g/mol. The number of anilines is 1. The van der Waals surface area contributed by atoms with E-state index in [1.54, 1.807) is 30.3 Å². The zero-order chi connectivity index (χ0) is 22.4. The Bertz CT molecular complexity index is 1390. The second-order valence-electron chi connectivity index (χ2n) is 7.55. The van der Waals surface area contributed by atoms with Gasteiger partial charge in [-0.05, 0) is 30.7 Å². The van der Waals surface area contributed by atoms with Gasteiger partial charge in [0.2, 0.25) is 0 Å². The van der Waals surface area contributed by atoms with Crippen molar-refractivity contribution in [1.82, 2.24) is 4.98 Å². The van der Waals surface area contributed by atoms with Crippen LogP contribution in [0.5, 0.6) is 0 Å². The van der Waals surface area contributed by atoms with Gasteiger partial charge in [0, 0.05) is 5.56 Å². The minimum Gasteiger partial charge on any atom is -0.507 e. The Kier molecular flexibility index (Phi) is 4.83. The molecule has 0 aliphatic carbocycles. The van der Waals surface area contributed by atoms with E-state index < -0.39 is 23.5 Å². The number of carbonyl (C=O) groups excluding carboxylic acids is 2. The fourth-order valence-corrected chi connectivity index (χ4v) is 4.85. The molecular formula is C25H17FN2O3S. The van der Waals surface area contributed by atoms with Crippen LogP contribution in [0.2, 0.25) is 0 Å². The lowest BCUT2D eigenvalue weighted by Crippen LogP contribution is -2.29. The van der Waals surface area contributed by atoms with Crippen LogP contribution < -0.4 is 4.90 Å². The number of aliphatic hydroxyl groups is 1. The molecule has 1 fully saturated rings. The van der Waals surface area contributed by atoms with E-state index in [0.29, 0.717) is 21.3 Å². The summed E-state index contributed by atoms with van der Waals surface area (Å²) in [5.41, 5.74) is 2.64. The molecule has 0 unspecified atom stereocenters. The Balaban J connectivity index is 1.73. The van der Waals surface area contributed by atoms with E-state index in [2.05, 4.69) is 4.98 Å². The number of nitrogens with zero attached hydrogens (tertiary/aromatic N) is 2. The maximum absolute atomic E-state index is 13.7. The number of Topliss-reactive ketones (excluding diaryl/α,β-unsaturated/α-hetero) is 1. The predicted octanol–water partition coefficient (Wildman–Crippen LogP) is 5.37. The first-order valence-electron chi connectivity index (χ1n) is 9.93. The van der Waals surface area contributed by atoms with Crippen molar-refractivity contribution in [3.63, 3.8) is 0 Å². The second-order valence-corrected chi connectivity index (χ2v) is 8.56. The summed E-state index contributed by atoms with van der Waals surface area (Å²) in [7, 11) is 0. The fraction of sp³-hybridized carbons (Fsp3) is 0.0800. The van der Waals surface area contributed by atoms with Gasteiger partial charge < -0.3 is 5.11 Å². The molecule has 1 amide bonds. The van der Waals surface area contributed by atoms with Gasteiger partial charge in [-0.1, -0.05) is 71.5 Å². The van der Waals surface area contributed by atoms with Crippen LogP contribution in [-0.4, -0.2) is 21.8 Å². The van der Waals surface area contributed by atoms with Crippen molar-refractivity contribution in [2.45, 2.75) is 13.0 Å². The Morgan fingerprint density at radius 2 is 1.75 bits per heavy atom. The highest BCUT2D eigenvalue weighted by molar-refractivity contribution is 7.22. The number of rotatable bonds is 3. The molecule has 3 aromatic carbocycles. The SMILES string of the molecule is Cc1ccc([C@@H]2C(=C(O)c3ccccc3)C(=O)C(=O)N2c2nc3ccc(F)cc3s2)cc1. The molecular weight excluding hydrogens is 427 g/mol. The molecule has 0 spiro atoms. The number of ketones is 1. The van der Waals surface area contributed by atoms with Gasteiger partial charge in [-0.25, -0.2) is 9.37 Å². The van der Waals surface area contributed by atoms with E-state index in [-0.39, 0.29) is 16.5 Å². The zero-order valence-corrected chi connectivity index (χ0v) is 17.8. The number of aliphatic hydroxyl groups excluding tert-OH is 1. The summed E-state index contributed by atoms with van der Waals surface area (Å²) >= 11 is 1.12. The van der Waals surface area contributed by atoms with E-state index in [4.69, 9.17) is 0 Å². The lowest BCUT2D eigenvalue weighted by atomic mass is 9.95. The van der Waals surface area contributed by atoms with Crippen molar-refractivity contribution in [3.05, 3.63) is 101 Å². The first-order valence-corrected chi connectivity index (χ1v) is 10.7. The van der Waals surface area contributed by atoms with Crippen LogP contribution >= 0.6 is 11.3 Å². The number of halogens is 1. The Hall–Kier alpha value is -3.84. The quantitative estimate of drug-likeness (QED) is 0.262. The highest BCUT2D eigenvalue weighted by Gasteiger charge is 2.48. The number of thiazole rings is 1. The summed E-state index contributed by atoms with van der Waals surface area (Å²) in [6, 6.07) is 19.4. The van der Waals surface area contributed by atoms with Crippen LogP contribution in [0.15, 0.2) is 78.4 Å². The van der Waals surface area contributed by atoms with Gasteiger partial charge in [-0.2, -0.15) is 0 Å². The average Bonchev–Trinajstić information content (AvgIpc) is 3.32. The summed E-state index contributed by atoms with van der Waals surface area (Å²) in [5.74, 6) is -2.23. The van der Waals surface area contributed by atoms with Crippen molar-refractivity contribution in [3.8, 4) is 0 Å². The van der Waals surface area contributed by atoms with E-state index in [9.17, 15) is 19.1 Å². The zero-order valence-electron chi connectivity index (χ0n) is 16.9. The monoisotopic (exact) mass is 444 g/mol. The van der Waals surface area contributed by atoms with Gasteiger partial charge >= 0.3 is 5.91 Å². The minimum absolute atomic E-state index is 0.00418. The summed E-state index contributed by atoms with van der Waals surface area (Å²) in [4.78, 5) is 32.1. The number of hydrogen-bond acceptors (Lipinski definition) is 5. The summed E-state index contributed by atoms with van der Waals surface area (Å²) in [6.07, 6.45) is 0. The highest BCUT2D eigenvalue weighted by Crippen LogP contribution is 2.44. The molecule has 5 nitrogen and oxygen atoms in total. The Labute approximate surface area is 187 Å². The van der Waals surface area contributed by atoms with Crippen molar-refractivity contribution < 1.29 is 19.1 Å². The third kappa shape index (κ3) is 3.27. The number of hydrogen-bond donors (Lipinski definition) is 1. The topological polar surface area (TPSA) is 70.5 Å². The molecule has 7 heteroatoms. The summed E-state index contributed by atoms with van der Waals surface area (Å²) in [5, 5.41) is 11.3. The van der Waals surface area contributed by atoms with Crippen LogP contribution in [-0.2, 0) is 9.59 Å². The van der Waals surface area contributed by atoms with Crippen LogP contribution in [0.3, 0.4) is 0 Å². The van der Waals surface area contributed by atoms with Gasteiger partial charge in [-0.3, -0.25) is 14.5 Å². The third-order valence-corrected chi connectivity index (χ3v) is 6.45. The standard InChI is InChI=1S/C25H17FN2O3S/c1-14-7-9-15(10-8-14)21-20(22(29)16-5-3-2-4-6-16)23(30)24(31)28(21)25-27-18-12-11-17(26)13-19(18)32-25/h2-13,21,29H,1H3/t21-/m1/s1. The van der Waals surface area contributed by atoms with E-state index >= 15 is 0 Å². The highest BCUT2D eigenvalue weighted by atomic mass is 32.1. The first kappa shape index (κ1) is 20.1. The van der Waals surface area contributed by atoms with Crippen LogP contribution in [0.1, 0.15) is 22.7 Å². The molecule has 2 heterocycles. The van der Waals surface area contributed by atoms with Crippen molar-refractivity contribution in [2.24, 2.45) is 0 Å². The molecule has 1 aliphatic heterocycles. The van der Waals surface area contributed by atoms with Crippen molar-refractivity contribution >= 4 is 44.1 Å². The van der Waals surface area contributed by atoms with Gasteiger partial charge in [0.25, 0.3) is 5.78 Å². The molecule has 1 aliphatic rings. The number of fused-ring (bicyclic) bond motifs is 1. The lowest BCUT2D eigenvalue weighted by molar-refractivity contribution is -0.132. The number of aryl methyl sites for hydroxylation is 1. The van der Waals surface area contributed by atoms with Gasteiger partial charge in [-0.15, -0.1) is 0 Å². The molecule has 32 heavy (non-hydrogen) atoms. The van der Waals surface area contributed by atoms with Gasteiger partial charge in [0.15, 0.2) is 5.13 Å². The molecule has 1 saturated heterocycles. The van der Waals surface area contributed by atoms with Crippen molar-refractivity contribution in [2.75, 3.05) is 4.90 Å². The summed E-state index contributed by atoms with van der Waals surface area (Å²) < 4.78 is 14.3. The van der Waals surface area contributed by atoms with Gasteiger partial charge in [0.05, 0.1) is 21.8 Å². The smallest absolute Gasteiger partial charge is 0.301 e. The number of carbonyl (C=O) groups is 2. The first-order chi connectivity index (χ1) is 15.4. The maximum Gasteiger partial charge on any atom is 0.301 e. The van der Waals surface area contributed by atoms with Crippen LogP contribution in [0, 0.1) is 12.7 Å². The Morgan fingerprint density at radius 3 is 2.47 bits per heavy atom. The Morgan fingerprint density at radius 1 is 1.03 bits per heavy atom. The minimum atomic E-state index is -0.860. The molecule has 4 aromatic rings. The number of amides is 1. The van der Waals surface area contributed by atoms with Crippen molar-refractivity contribution in [1.29, 1.82) is 0 Å². The molecule has 5 rings (SSSR count). The van der Waals surface area contributed by atoms with E-state index in [0.717, 1.165) is 16.9 Å². The molecule has 0 saturated carbocycles. The molecule has 0 radical (unpaired) electrons. The second kappa shape index (κ2) is 7.69. The molecule has 158 valence electrons. The maximum atomic E-state index is 13.7. The van der Waals surface area contributed by atoms with Gasteiger partial charge in [0.1, 0.15) is 11.6 Å². The molecule has 1 N–H and O–H groups in total. The third-order valence-electron chi connectivity index (χ3n) is 5.43. The summed E-state index contributed by atoms with van der Waals surface area (Å²) in [6.45, 7) is 1.94. The number of aromatic nitrogens is 1. The van der Waals surface area contributed by atoms with E-state index in [1.165, 1.54) is 23.1 Å². The van der Waals surface area contributed by atoms with Crippen LogP contribution in [0.4, 0.5) is 9.52 Å². The molecule has 1 aromatic heterocycles. The molecule has 1 atom stereocenters. The normalized spacial score (nSPS) is 17.9.